The molecule has 1 aromatic carbocycles. The number of quaternary nitrogens is 1. The van der Waals surface area contributed by atoms with Gasteiger partial charge in [0, 0.05) is 15.6 Å². The number of halogens is 2. The van der Waals surface area contributed by atoms with Crippen LogP contribution in [0.4, 0.5) is 0 Å². The van der Waals surface area contributed by atoms with Gasteiger partial charge in [-0.2, -0.15) is 4.31 Å². The van der Waals surface area contributed by atoms with Crippen molar-refractivity contribution in [1.29, 1.82) is 0 Å². The Labute approximate surface area is 183 Å². The molecule has 2 fully saturated rings. The Morgan fingerprint density at radius 3 is 2.75 bits per heavy atom. The number of benzene rings is 1. The Balaban J connectivity index is 1.45. The maximum Gasteiger partial charge on any atom is 0.244 e. The lowest BCUT2D eigenvalue weighted by Gasteiger charge is -2.32. The van der Waals surface area contributed by atoms with Gasteiger partial charge < -0.3 is 19.5 Å². The first-order chi connectivity index (χ1) is 13.4. The Morgan fingerprint density at radius 1 is 1.32 bits per heavy atom. The van der Waals surface area contributed by atoms with Crippen molar-refractivity contribution < 1.29 is 27.9 Å². The van der Waals surface area contributed by atoms with Crippen LogP contribution in [0, 0.1) is 0 Å². The molecule has 3 rings (SSSR count). The van der Waals surface area contributed by atoms with E-state index in [1.165, 1.54) is 9.21 Å². The van der Waals surface area contributed by atoms with E-state index < -0.39 is 16.1 Å². The predicted octanol–water partition coefficient (Wildman–Crippen LogP) is 0.657. The maximum atomic E-state index is 12.9. The average Bonchev–Trinajstić information content (AvgIpc) is 3.17. The van der Waals surface area contributed by atoms with Crippen LogP contribution in [-0.2, 0) is 19.5 Å². The van der Waals surface area contributed by atoms with Gasteiger partial charge in [0.05, 0.1) is 50.4 Å². The zero-order valence-electron chi connectivity index (χ0n) is 15.6. The molecule has 2 aliphatic rings. The van der Waals surface area contributed by atoms with Gasteiger partial charge in [-0.3, -0.25) is 0 Å². The number of hydrogen-bond acceptors (Lipinski definition) is 5. The van der Waals surface area contributed by atoms with Crippen molar-refractivity contribution in [1.82, 2.24) is 4.31 Å². The molecule has 0 aliphatic carbocycles. The highest BCUT2D eigenvalue weighted by Crippen LogP contribution is 2.28. The zero-order valence-corrected chi connectivity index (χ0v) is 19.6. The molecule has 0 aromatic heterocycles. The molecule has 0 unspecified atom stereocenters. The molecule has 10 heteroatoms. The number of rotatable bonds is 8. The van der Waals surface area contributed by atoms with E-state index in [1.807, 2.05) is 0 Å². The van der Waals surface area contributed by atoms with Crippen LogP contribution in [0.3, 0.4) is 0 Å². The highest BCUT2D eigenvalue weighted by Gasteiger charge is 2.32. The molecule has 28 heavy (non-hydrogen) atoms. The van der Waals surface area contributed by atoms with Crippen molar-refractivity contribution in [3.8, 4) is 0 Å². The summed E-state index contributed by atoms with van der Waals surface area (Å²) < 4.78 is 39.8. The molecule has 0 bridgehead atoms. The minimum absolute atomic E-state index is 0.158. The Bertz CT molecular complexity index is 750. The summed E-state index contributed by atoms with van der Waals surface area (Å²) in [4.78, 5) is 1.46. The van der Waals surface area contributed by atoms with Crippen LogP contribution < -0.4 is 4.90 Å². The molecule has 1 aromatic rings. The normalized spacial score (nSPS) is 23.2. The van der Waals surface area contributed by atoms with Gasteiger partial charge in [-0.05, 0) is 47.0 Å². The molecular weight excluding hydrogens is 516 g/mol. The molecule has 7 nitrogen and oxygen atoms in total. The van der Waals surface area contributed by atoms with Gasteiger partial charge in [0.2, 0.25) is 10.0 Å². The largest absolute Gasteiger partial charge is 0.385 e. The van der Waals surface area contributed by atoms with Gasteiger partial charge in [-0.1, -0.05) is 15.9 Å². The Morgan fingerprint density at radius 2 is 2.07 bits per heavy atom. The molecule has 0 radical (unpaired) electrons. The molecule has 0 amide bonds. The number of nitrogens with zero attached hydrogens (tertiary/aromatic N) is 1. The van der Waals surface area contributed by atoms with Crippen LogP contribution in [-0.4, -0.2) is 82.6 Å². The van der Waals surface area contributed by atoms with Crippen LogP contribution in [0.5, 0.6) is 0 Å². The van der Waals surface area contributed by atoms with Crippen molar-refractivity contribution in [2.24, 2.45) is 0 Å². The summed E-state index contributed by atoms with van der Waals surface area (Å²) in [5.41, 5.74) is 0. The summed E-state index contributed by atoms with van der Waals surface area (Å²) >= 11 is 6.67. The smallest absolute Gasteiger partial charge is 0.244 e. The summed E-state index contributed by atoms with van der Waals surface area (Å²) in [6.07, 6.45) is 1.69. The summed E-state index contributed by atoms with van der Waals surface area (Å²) in [6.45, 7) is 4.35. The minimum Gasteiger partial charge on any atom is -0.385 e. The van der Waals surface area contributed by atoms with Crippen molar-refractivity contribution in [3.05, 3.63) is 27.1 Å². The lowest BCUT2D eigenvalue weighted by atomic mass is 10.2. The lowest BCUT2D eigenvalue weighted by molar-refractivity contribution is -0.906. The fourth-order valence-corrected chi connectivity index (χ4v) is 6.47. The molecule has 2 saturated heterocycles. The predicted molar refractivity (Wildman–Crippen MR) is 112 cm³/mol. The van der Waals surface area contributed by atoms with Gasteiger partial charge in [-0.25, -0.2) is 8.42 Å². The van der Waals surface area contributed by atoms with Crippen molar-refractivity contribution in [2.45, 2.75) is 29.9 Å². The number of sulfonamides is 1. The topological polar surface area (TPSA) is 80.5 Å². The summed E-state index contributed by atoms with van der Waals surface area (Å²) in [6, 6.07) is 5.15. The van der Waals surface area contributed by atoms with Crippen LogP contribution in [0.2, 0.25) is 0 Å². The van der Waals surface area contributed by atoms with E-state index in [9.17, 15) is 13.5 Å². The average molecular weight is 543 g/mol. The van der Waals surface area contributed by atoms with E-state index in [0.29, 0.717) is 43.8 Å². The second-order valence-corrected chi connectivity index (χ2v) is 10.9. The number of ether oxygens (including phenoxy) is 2. The highest BCUT2D eigenvalue weighted by molar-refractivity contribution is 9.11. The van der Waals surface area contributed by atoms with Gasteiger partial charge >= 0.3 is 0 Å². The summed E-state index contributed by atoms with van der Waals surface area (Å²) in [5.74, 6) is 0. The molecule has 0 spiro atoms. The van der Waals surface area contributed by atoms with E-state index in [-0.39, 0.29) is 17.6 Å². The number of hydrogen-bond donors (Lipinski definition) is 2. The lowest BCUT2D eigenvalue weighted by Crippen LogP contribution is -3.15. The maximum absolute atomic E-state index is 12.9. The fourth-order valence-electron chi connectivity index (χ4n) is 3.56. The van der Waals surface area contributed by atoms with E-state index in [1.54, 1.807) is 18.2 Å². The van der Waals surface area contributed by atoms with Crippen LogP contribution in [0.15, 0.2) is 32.0 Å². The van der Waals surface area contributed by atoms with Crippen LogP contribution in [0.25, 0.3) is 0 Å². The number of piperazine rings is 1. The van der Waals surface area contributed by atoms with Gasteiger partial charge in [0.15, 0.2) is 0 Å². The fraction of sp³-hybridized carbons (Fsp3) is 0.667. The third-order valence-electron chi connectivity index (χ3n) is 5.10. The van der Waals surface area contributed by atoms with E-state index in [4.69, 9.17) is 9.47 Å². The van der Waals surface area contributed by atoms with Gasteiger partial charge in [0.1, 0.15) is 12.6 Å². The second-order valence-electron chi connectivity index (χ2n) is 7.26. The Kier molecular flexibility index (Phi) is 8.32. The molecule has 158 valence electrons. The standard InChI is InChI=1S/C18H26Br2N2O5S/c19-14-3-4-17(20)18(10-14)28(24,25)22-7-5-21(6-8-22)11-15(23)12-26-13-16-2-1-9-27-16/h3-4,10,15-16,23H,1-2,5-9,11-13H2/p+1/t15-,16-/m1/s1. The monoisotopic (exact) mass is 541 g/mol. The van der Waals surface area contributed by atoms with Crippen molar-refractivity contribution in [2.75, 3.05) is 52.5 Å². The number of nitrogens with one attached hydrogen (secondary N) is 1. The first-order valence-corrected chi connectivity index (χ1v) is 12.5. The minimum atomic E-state index is -3.55. The third kappa shape index (κ3) is 5.98. The van der Waals surface area contributed by atoms with Crippen LogP contribution >= 0.6 is 31.9 Å². The quantitative estimate of drug-likeness (QED) is 0.504. The van der Waals surface area contributed by atoms with E-state index in [2.05, 4.69) is 31.9 Å². The highest BCUT2D eigenvalue weighted by atomic mass is 79.9. The molecular formula is C18H27Br2N2O5S+. The number of aliphatic hydroxyl groups is 1. The van der Waals surface area contributed by atoms with E-state index in [0.717, 1.165) is 23.9 Å². The first kappa shape index (κ1) is 22.6. The van der Waals surface area contributed by atoms with Gasteiger partial charge in [-0.15, -0.1) is 0 Å². The summed E-state index contributed by atoms with van der Waals surface area (Å²) in [5, 5.41) is 10.2. The van der Waals surface area contributed by atoms with Crippen molar-refractivity contribution in [3.63, 3.8) is 0 Å². The second kappa shape index (κ2) is 10.3. The molecule has 2 heterocycles. The third-order valence-corrected chi connectivity index (χ3v) is 8.49. The van der Waals surface area contributed by atoms with Gasteiger partial charge in [0.25, 0.3) is 0 Å². The van der Waals surface area contributed by atoms with Crippen molar-refractivity contribution >= 4 is 41.9 Å². The molecule has 2 atom stereocenters. The molecule has 2 aliphatic heterocycles. The Hall–Kier alpha value is -0.0700. The zero-order chi connectivity index (χ0) is 20.1. The van der Waals surface area contributed by atoms with E-state index >= 15 is 0 Å². The molecule has 2 N–H and O–H groups in total. The SMILES string of the molecule is O=S(=O)(c1cc(Br)ccc1Br)N1CC[NH+](C[C@@H](O)COC[C@H]2CCCO2)CC1. The molecule has 0 saturated carbocycles. The number of aliphatic hydroxyl groups excluding tert-OH is 1. The summed E-state index contributed by atoms with van der Waals surface area (Å²) in [7, 11) is -3.55. The van der Waals surface area contributed by atoms with Crippen LogP contribution in [0.1, 0.15) is 12.8 Å². The first-order valence-electron chi connectivity index (χ1n) is 9.52.